The van der Waals surface area contributed by atoms with Crippen LogP contribution in [0, 0.1) is 6.92 Å². The molecule has 1 nitrogen and oxygen atoms in total. The maximum absolute atomic E-state index is 4.30. The van der Waals surface area contributed by atoms with E-state index in [4.69, 9.17) is 0 Å². The van der Waals surface area contributed by atoms with Crippen molar-refractivity contribution >= 4 is 23.5 Å². The second kappa shape index (κ2) is 2.31. The molecule has 1 heterocycles. The van der Waals surface area contributed by atoms with Crippen LogP contribution in [0.2, 0.25) is 0 Å². The molecule has 0 fully saturated rings. The molecule has 0 saturated heterocycles. The molecular formula is C9H9NS. The third-order valence-corrected chi connectivity index (χ3v) is 2.19. The number of aromatic amines is 1. The highest BCUT2D eigenvalue weighted by atomic mass is 32.1. The smallest absolute Gasteiger partial charge is 0.0468 e. The molecule has 2 rings (SSSR count). The summed E-state index contributed by atoms with van der Waals surface area (Å²) in [7, 11) is 0. The lowest BCUT2D eigenvalue weighted by molar-refractivity contribution is 1.41. The average molecular weight is 163 g/mol. The molecule has 0 amide bonds. The summed E-state index contributed by atoms with van der Waals surface area (Å²) in [5.41, 5.74) is 2.43. The summed E-state index contributed by atoms with van der Waals surface area (Å²) in [6.07, 6.45) is 1.91. The summed E-state index contributed by atoms with van der Waals surface area (Å²) in [5, 5.41) is 1.19. The van der Waals surface area contributed by atoms with E-state index in [1.807, 2.05) is 6.20 Å². The van der Waals surface area contributed by atoms with Crippen LogP contribution in [0.5, 0.6) is 0 Å². The molecule has 0 unspecified atom stereocenters. The Morgan fingerprint density at radius 2 is 2.18 bits per heavy atom. The Labute approximate surface area is 70.8 Å². The van der Waals surface area contributed by atoms with Crippen LogP contribution < -0.4 is 0 Å². The molecule has 0 aliphatic heterocycles. The quantitative estimate of drug-likeness (QED) is 0.555. The van der Waals surface area contributed by atoms with Crippen molar-refractivity contribution in [2.45, 2.75) is 11.8 Å². The number of rotatable bonds is 0. The van der Waals surface area contributed by atoms with E-state index in [1.54, 1.807) is 0 Å². The van der Waals surface area contributed by atoms with Gasteiger partial charge in [-0.25, -0.2) is 0 Å². The Bertz CT molecular complexity index is 389. The monoisotopic (exact) mass is 163 g/mol. The van der Waals surface area contributed by atoms with Crippen molar-refractivity contribution in [3.63, 3.8) is 0 Å². The van der Waals surface area contributed by atoms with E-state index in [9.17, 15) is 0 Å². The molecule has 11 heavy (non-hydrogen) atoms. The molecule has 0 bridgehead atoms. The van der Waals surface area contributed by atoms with Gasteiger partial charge in [0.25, 0.3) is 0 Å². The predicted molar refractivity (Wildman–Crippen MR) is 50.3 cm³/mol. The van der Waals surface area contributed by atoms with Crippen molar-refractivity contribution in [1.29, 1.82) is 0 Å². The summed E-state index contributed by atoms with van der Waals surface area (Å²) in [6, 6.07) is 6.30. The Morgan fingerprint density at radius 3 is 3.00 bits per heavy atom. The number of hydrogen-bond donors (Lipinski definition) is 2. The largest absolute Gasteiger partial charge is 0.360 e. The number of aromatic nitrogens is 1. The van der Waals surface area contributed by atoms with Crippen LogP contribution in [-0.4, -0.2) is 4.98 Å². The first-order valence-electron chi connectivity index (χ1n) is 3.54. The van der Waals surface area contributed by atoms with Crippen LogP contribution in [0.4, 0.5) is 0 Å². The first-order chi connectivity index (χ1) is 5.27. The maximum Gasteiger partial charge on any atom is 0.0468 e. The minimum Gasteiger partial charge on any atom is -0.360 e. The van der Waals surface area contributed by atoms with E-state index >= 15 is 0 Å². The van der Waals surface area contributed by atoms with Crippen molar-refractivity contribution in [3.8, 4) is 0 Å². The molecule has 2 aromatic rings. The SMILES string of the molecule is Cc1ccc2c(S)c[nH]c2c1. The maximum atomic E-state index is 4.30. The van der Waals surface area contributed by atoms with Crippen molar-refractivity contribution in [2.24, 2.45) is 0 Å². The number of hydrogen-bond acceptors (Lipinski definition) is 1. The van der Waals surface area contributed by atoms with Gasteiger partial charge in [-0.2, -0.15) is 0 Å². The molecule has 0 saturated carbocycles. The highest BCUT2D eigenvalue weighted by Crippen LogP contribution is 2.21. The number of nitrogens with one attached hydrogen (secondary N) is 1. The fraction of sp³-hybridized carbons (Fsp3) is 0.111. The number of benzene rings is 1. The minimum absolute atomic E-state index is 1.01. The summed E-state index contributed by atoms with van der Waals surface area (Å²) in [4.78, 5) is 4.17. The molecule has 56 valence electrons. The van der Waals surface area contributed by atoms with Gasteiger partial charge in [-0.15, -0.1) is 12.6 Å². The van der Waals surface area contributed by atoms with Crippen LogP contribution in [-0.2, 0) is 0 Å². The summed E-state index contributed by atoms with van der Waals surface area (Å²) >= 11 is 4.30. The van der Waals surface area contributed by atoms with Crippen molar-refractivity contribution in [1.82, 2.24) is 4.98 Å². The third-order valence-electron chi connectivity index (χ3n) is 1.82. The van der Waals surface area contributed by atoms with Gasteiger partial charge >= 0.3 is 0 Å². The van der Waals surface area contributed by atoms with Gasteiger partial charge in [0.1, 0.15) is 0 Å². The standard InChI is InChI=1S/C9H9NS/c1-6-2-3-7-8(4-6)10-5-9(7)11/h2-5,10-11H,1H3. The molecule has 0 atom stereocenters. The summed E-state index contributed by atoms with van der Waals surface area (Å²) < 4.78 is 0. The van der Waals surface area contributed by atoms with Gasteiger partial charge in [-0.05, 0) is 18.6 Å². The molecule has 1 N–H and O–H groups in total. The molecule has 2 heteroatoms. The third kappa shape index (κ3) is 1.03. The molecular weight excluding hydrogens is 154 g/mol. The highest BCUT2D eigenvalue weighted by molar-refractivity contribution is 7.80. The highest BCUT2D eigenvalue weighted by Gasteiger charge is 1.97. The fourth-order valence-electron chi connectivity index (χ4n) is 1.22. The normalized spacial score (nSPS) is 10.7. The summed E-state index contributed by atoms with van der Waals surface area (Å²) in [5.74, 6) is 0. The molecule has 1 aromatic heterocycles. The summed E-state index contributed by atoms with van der Waals surface area (Å²) in [6.45, 7) is 2.08. The van der Waals surface area contributed by atoms with Crippen molar-refractivity contribution < 1.29 is 0 Å². The molecule has 0 spiro atoms. The number of fused-ring (bicyclic) bond motifs is 1. The zero-order valence-corrected chi connectivity index (χ0v) is 7.15. The van der Waals surface area contributed by atoms with E-state index in [1.165, 1.54) is 10.9 Å². The van der Waals surface area contributed by atoms with Crippen molar-refractivity contribution in [3.05, 3.63) is 30.0 Å². The molecule has 0 aliphatic rings. The van der Waals surface area contributed by atoms with E-state index in [0.717, 1.165) is 10.4 Å². The topological polar surface area (TPSA) is 15.8 Å². The number of H-pyrrole nitrogens is 1. The van der Waals surface area contributed by atoms with E-state index in [0.29, 0.717) is 0 Å². The lowest BCUT2D eigenvalue weighted by Gasteiger charge is -1.92. The fourth-order valence-corrected chi connectivity index (χ4v) is 1.48. The van der Waals surface area contributed by atoms with Crippen molar-refractivity contribution in [2.75, 3.05) is 0 Å². The average Bonchev–Trinajstić information content (AvgIpc) is 2.32. The van der Waals surface area contributed by atoms with Gasteiger partial charge < -0.3 is 4.98 Å². The van der Waals surface area contributed by atoms with E-state index in [-0.39, 0.29) is 0 Å². The first-order valence-corrected chi connectivity index (χ1v) is 3.99. The second-order valence-electron chi connectivity index (χ2n) is 2.72. The molecule has 0 aliphatic carbocycles. The Morgan fingerprint density at radius 1 is 1.36 bits per heavy atom. The Hall–Kier alpha value is -0.890. The molecule has 1 aromatic carbocycles. The van der Waals surface area contributed by atoms with Crippen LogP contribution in [0.15, 0.2) is 29.3 Å². The molecule has 0 radical (unpaired) electrons. The first kappa shape index (κ1) is 6.80. The van der Waals surface area contributed by atoms with Gasteiger partial charge in [0.05, 0.1) is 0 Å². The van der Waals surface area contributed by atoms with E-state index in [2.05, 4.69) is 42.7 Å². The Balaban J connectivity index is 2.86. The minimum atomic E-state index is 1.01. The lowest BCUT2D eigenvalue weighted by atomic mass is 10.2. The van der Waals surface area contributed by atoms with Crippen LogP contribution in [0.25, 0.3) is 10.9 Å². The van der Waals surface area contributed by atoms with Crippen LogP contribution in [0.1, 0.15) is 5.56 Å². The zero-order chi connectivity index (χ0) is 7.84. The second-order valence-corrected chi connectivity index (χ2v) is 3.20. The van der Waals surface area contributed by atoms with Gasteiger partial charge in [0.2, 0.25) is 0 Å². The Kier molecular flexibility index (Phi) is 1.43. The van der Waals surface area contributed by atoms with Gasteiger partial charge in [0, 0.05) is 22.0 Å². The van der Waals surface area contributed by atoms with E-state index < -0.39 is 0 Å². The van der Waals surface area contributed by atoms with Gasteiger partial charge in [-0.1, -0.05) is 12.1 Å². The number of thiol groups is 1. The van der Waals surface area contributed by atoms with Gasteiger partial charge in [0.15, 0.2) is 0 Å². The predicted octanol–water partition coefficient (Wildman–Crippen LogP) is 2.77. The number of aryl methyl sites for hydroxylation is 1. The van der Waals surface area contributed by atoms with Gasteiger partial charge in [-0.3, -0.25) is 0 Å². The van der Waals surface area contributed by atoms with Crippen LogP contribution >= 0.6 is 12.6 Å². The zero-order valence-electron chi connectivity index (χ0n) is 6.26. The van der Waals surface area contributed by atoms with Crippen LogP contribution in [0.3, 0.4) is 0 Å². The lowest BCUT2D eigenvalue weighted by Crippen LogP contribution is -1.71.